The van der Waals surface area contributed by atoms with Gasteiger partial charge in [-0.25, -0.2) is 12.8 Å². The molecule has 1 N–H and O–H groups in total. The van der Waals surface area contributed by atoms with Gasteiger partial charge in [-0.3, -0.25) is 4.79 Å². The highest BCUT2D eigenvalue weighted by molar-refractivity contribution is 9.10. The fraction of sp³-hybridized carbons (Fsp3) is 0.417. The topological polar surface area (TPSA) is 63.2 Å². The lowest BCUT2D eigenvalue weighted by Gasteiger charge is -2.09. The molecule has 8 heteroatoms. The summed E-state index contributed by atoms with van der Waals surface area (Å²) in [7, 11) is 1.08. The second-order valence-electron chi connectivity index (χ2n) is 4.69. The van der Waals surface area contributed by atoms with Crippen LogP contribution in [-0.4, -0.2) is 20.9 Å². The Morgan fingerprint density at radius 1 is 1.45 bits per heavy atom. The summed E-state index contributed by atoms with van der Waals surface area (Å²) in [5.41, 5.74) is -0.0833. The SMILES string of the molecule is O=C(NCCC1CC1)c1cc(F)cc(S(=O)(=O)Cl)c1Br. The number of nitrogens with one attached hydrogen (secondary N) is 1. The minimum atomic E-state index is -4.13. The van der Waals surface area contributed by atoms with Gasteiger partial charge in [0.15, 0.2) is 0 Å². The Bertz CT molecular complexity index is 646. The summed E-state index contributed by atoms with van der Waals surface area (Å²) < 4.78 is 36.1. The van der Waals surface area contributed by atoms with E-state index in [4.69, 9.17) is 10.7 Å². The smallest absolute Gasteiger partial charge is 0.262 e. The predicted octanol–water partition coefficient (Wildman–Crippen LogP) is 3.05. The minimum absolute atomic E-state index is 0.0298. The van der Waals surface area contributed by atoms with E-state index in [2.05, 4.69) is 21.2 Å². The molecule has 1 aromatic rings. The summed E-state index contributed by atoms with van der Waals surface area (Å²) >= 11 is 2.99. The molecular formula is C12H12BrClFNO3S. The predicted molar refractivity (Wildman–Crippen MR) is 76.8 cm³/mol. The first-order chi connectivity index (χ1) is 9.29. The zero-order valence-corrected chi connectivity index (χ0v) is 13.5. The van der Waals surface area contributed by atoms with E-state index in [-0.39, 0.29) is 10.0 Å². The van der Waals surface area contributed by atoms with Gasteiger partial charge in [-0.1, -0.05) is 12.8 Å². The molecule has 1 fully saturated rings. The Morgan fingerprint density at radius 3 is 2.65 bits per heavy atom. The van der Waals surface area contributed by atoms with Gasteiger partial charge in [0.05, 0.1) is 10.0 Å². The van der Waals surface area contributed by atoms with Crippen molar-refractivity contribution in [3.8, 4) is 0 Å². The molecule has 20 heavy (non-hydrogen) atoms. The summed E-state index contributed by atoms with van der Waals surface area (Å²) in [6.07, 6.45) is 3.22. The molecule has 0 saturated heterocycles. The Balaban J connectivity index is 2.21. The van der Waals surface area contributed by atoms with Gasteiger partial charge >= 0.3 is 0 Å². The van der Waals surface area contributed by atoms with E-state index in [9.17, 15) is 17.6 Å². The van der Waals surface area contributed by atoms with Gasteiger partial charge in [0.2, 0.25) is 0 Å². The Hall–Kier alpha value is -0.660. The van der Waals surface area contributed by atoms with Gasteiger partial charge in [-0.15, -0.1) is 0 Å². The van der Waals surface area contributed by atoms with Crippen LogP contribution in [0.4, 0.5) is 4.39 Å². The van der Waals surface area contributed by atoms with Gasteiger partial charge in [-0.05, 0) is 40.4 Å². The number of carbonyl (C=O) groups is 1. The van der Waals surface area contributed by atoms with Crippen LogP contribution >= 0.6 is 26.6 Å². The van der Waals surface area contributed by atoms with E-state index in [1.54, 1.807) is 0 Å². The second kappa shape index (κ2) is 5.99. The van der Waals surface area contributed by atoms with Crippen LogP contribution in [0.2, 0.25) is 0 Å². The van der Waals surface area contributed by atoms with Crippen LogP contribution in [-0.2, 0) is 9.05 Å². The van der Waals surface area contributed by atoms with Crippen LogP contribution in [0.3, 0.4) is 0 Å². The molecule has 1 saturated carbocycles. The fourth-order valence-electron chi connectivity index (χ4n) is 1.80. The van der Waals surface area contributed by atoms with E-state index in [0.29, 0.717) is 12.5 Å². The molecule has 0 atom stereocenters. The molecule has 0 unspecified atom stereocenters. The van der Waals surface area contributed by atoms with Gasteiger partial charge in [0, 0.05) is 17.2 Å². The van der Waals surface area contributed by atoms with E-state index < -0.39 is 25.7 Å². The second-order valence-corrected chi connectivity index (χ2v) is 8.02. The van der Waals surface area contributed by atoms with Gasteiger partial charge in [0.25, 0.3) is 15.0 Å². The fourth-order valence-corrected chi connectivity index (χ4v) is 4.07. The maximum atomic E-state index is 13.4. The maximum Gasteiger partial charge on any atom is 0.262 e. The number of halogens is 3. The first-order valence-electron chi connectivity index (χ1n) is 6.01. The summed E-state index contributed by atoms with van der Waals surface area (Å²) in [5.74, 6) is -0.705. The molecular weight excluding hydrogens is 373 g/mol. The van der Waals surface area contributed by atoms with E-state index in [1.807, 2.05) is 0 Å². The van der Waals surface area contributed by atoms with Crippen molar-refractivity contribution >= 4 is 41.6 Å². The van der Waals surface area contributed by atoms with Crippen molar-refractivity contribution in [2.24, 2.45) is 5.92 Å². The highest BCUT2D eigenvalue weighted by Gasteiger charge is 2.23. The quantitative estimate of drug-likeness (QED) is 0.794. The van der Waals surface area contributed by atoms with Crippen LogP contribution in [0, 0.1) is 11.7 Å². The molecule has 0 radical (unpaired) electrons. The molecule has 0 spiro atoms. The summed E-state index contributed by atoms with van der Waals surface area (Å²) in [6.45, 7) is 0.482. The highest BCUT2D eigenvalue weighted by atomic mass is 79.9. The normalized spacial score (nSPS) is 15.2. The van der Waals surface area contributed by atoms with Crippen LogP contribution in [0.1, 0.15) is 29.6 Å². The zero-order valence-electron chi connectivity index (χ0n) is 10.3. The van der Waals surface area contributed by atoms with Crippen molar-refractivity contribution in [2.75, 3.05) is 6.54 Å². The van der Waals surface area contributed by atoms with Crippen LogP contribution in [0.5, 0.6) is 0 Å². The van der Waals surface area contributed by atoms with Crippen LogP contribution < -0.4 is 5.32 Å². The first kappa shape index (κ1) is 15.7. The standard InChI is InChI=1S/C12H12BrClFNO3S/c13-11-9(12(17)16-4-3-7-1-2-7)5-8(15)6-10(11)20(14,18)19/h5-7H,1-4H2,(H,16,17). The molecule has 0 aromatic heterocycles. The first-order valence-corrected chi connectivity index (χ1v) is 9.11. The highest BCUT2D eigenvalue weighted by Crippen LogP contribution is 2.32. The lowest BCUT2D eigenvalue weighted by molar-refractivity contribution is 0.0951. The maximum absolute atomic E-state index is 13.4. The molecule has 0 bridgehead atoms. The Morgan fingerprint density at radius 2 is 2.10 bits per heavy atom. The number of amides is 1. The number of hydrogen-bond donors (Lipinski definition) is 1. The molecule has 4 nitrogen and oxygen atoms in total. The monoisotopic (exact) mass is 383 g/mol. The largest absolute Gasteiger partial charge is 0.352 e. The summed E-state index contributed by atoms with van der Waals surface area (Å²) in [4.78, 5) is 11.5. The number of hydrogen-bond acceptors (Lipinski definition) is 3. The van der Waals surface area contributed by atoms with E-state index >= 15 is 0 Å². The third-order valence-electron chi connectivity index (χ3n) is 3.05. The van der Waals surface area contributed by atoms with Crippen molar-refractivity contribution < 1.29 is 17.6 Å². The van der Waals surface area contributed by atoms with Gasteiger partial charge in [0.1, 0.15) is 10.7 Å². The van der Waals surface area contributed by atoms with Gasteiger partial charge in [-0.2, -0.15) is 0 Å². The molecule has 1 amide bonds. The van der Waals surface area contributed by atoms with Crippen LogP contribution in [0.25, 0.3) is 0 Å². The van der Waals surface area contributed by atoms with Crippen molar-refractivity contribution in [1.82, 2.24) is 5.32 Å². The lowest BCUT2D eigenvalue weighted by Crippen LogP contribution is -2.25. The molecule has 1 aliphatic carbocycles. The molecule has 2 rings (SSSR count). The van der Waals surface area contributed by atoms with Crippen LogP contribution in [0.15, 0.2) is 21.5 Å². The Kier molecular flexibility index (Phi) is 4.71. The average molecular weight is 385 g/mol. The number of benzene rings is 1. The van der Waals surface area contributed by atoms with Crippen molar-refractivity contribution in [3.63, 3.8) is 0 Å². The average Bonchev–Trinajstić information content (AvgIpc) is 3.14. The number of carbonyl (C=O) groups excluding carboxylic acids is 1. The minimum Gasteiger partial charge on any atom is -0.352 e. The van der Waals surface area contributed by atoms with E-state index in [0.717, 1.165) is 18.6 Å². The van der Waals surface area contributed by atoms with Crippen molar-refractivity contribution in [1.29, 1.82) is 0 Å². The molecule has 0 heterocycles. The third-order valence-corrected chi connectivity index (χ3v) is 5.51. The molecule has 110 valence electrons. The molecule has 0 aliphatic heterocycles. The summed E-state index contributed by atoms with van der Waals surface area (Å²) in [6, 6.07) is 1.75. The Labute approximate surface area is 129 Å². The zero-order chi connectivity index (χ0) is 14.9. The summed E-state index contributed by atoms with van der Waals surface area (Å²) in [5, 5.41) is 2.64. The molecule has 1 aromatic carbocycles. The van der Waals surface area contributed by atoms with Crippen molar-refractivity contribution in [3.05, 3.63) is 28.0 Å². The van der Waals surface area contributed by atoms with Crippen molar-refractivity contribution in [2.45, 2.75) is 24.2 Å². The lowest BCUT2D eigenvalue weighted by atomic mass is 10.2. The molecule has 1 aliphatic rings. The van der Waals surface area contributed by atoms with Gasteiger partial charge < -0.3 is 5.32 Å². The third kappa shape index (κ3) is 3.93. The van der Waals surface area contributed by atoms with E-state index in [1.165, 1.54) is 12.8 Å². The number of rotatable bonds is 5.